The van der Waals surface area contributed by atoms with E-state index in [4.69, 9.17) is 5.21 Å². The zero-order valence-corrected chi connectivity index (χ0v) is 17.1. The van der Waals surface area contributed by atoms with E-state index in [2.05, 4.69) is 10.6 Å². The summed E-state index contributed by atoms with van der Waals surface area (Å²) in [6, 6.07) is 13.1. The number of benzene rings is 2. The van der Waals surface area contributed by atoms with Gasteiger partial charge >= 0.3 is 0 Å². The van der Waals surface area contributed by atoms with Crippen molar-refractivity contribution < 1.29 is 19.6 Å². The summed E-state index contributed by atoms with van der Waals surface area (Å²) in [5.74, 6) is -1.77. The predicted octanol–water partition coefficient (Wildman–Crippen LogP) is 2.17. The summed E-state index contributed by atoms with van der Waals surface area (Å²) in [7, 11) is 1.52. The van der Waals surface area contributed by atoms with Crippen molar-refractivity contribution in [1.29, 1.82) is 0 Å². The first-order valence-electron chi connectivity index (χ1n) is 9.76. The SMILES string of the molecule is CNC(=O)[C@H](Cc1ccc2ccccc2c1)NC(=O)[C@H](CC(=O)NO)CC(C)C. The molecule has 2 rings (SSSR count). The van der Waals surface area contributed by atoms with Crippen LogP contribution >= 0.6 is 0 Å². The number of fused-ring (bicyclic) bond motifs is 1. The summed E-state index contributed by atoms with van der Waals surface area (Å²) in [6.45, 7) is 3.89. The zero-order valence-electron chi connectivity index (χ0n) is 17.1. The average Bonchev–Trinajstić information content (AvgIpc) is 2.71. The quantitative estimate of drug-likeness (QED) is 0.383. The maximum atomic E-state index is 12.8. The van der Waals surface area contributed by atoms with Crippen molar-refractivity contribution in [2.75, 3.05) is 7.05 Å². The smallest absolute Gasteiger partial charge is 0.244 e. The van der Waals surface area contributed by atoms with Gasteiger partial charge in [-0.15, -0.1) is 0 Å². The van der Waals surface area contributed by atoms with Crippen LogP contribution in [0, 0.1) is 11.8 Å². The van der Waals surface area contributed by atoms with Gasteiger partial charge in [0.2, 0.25) is 17.7 Å². The van der Waals surface area contributed by atoms with Crippen molar-refractivity contribution in [2.24, 2.45) is 11.8 Å². The van der Waals surface area contributed by atoms with Gasteiger partial charge in [0.05, 0.1) is 0 Å². The van der Waals surface area contributed by atoms with E-state index >= 15 is 0 Å². The third-order valence-electron chi connectivity index (χ3n) is 4.82. The van der Waals surface area contributed by atoms with Crippen molar-refractivity contribution in [3.05, 3.63) is 48.0 Å². The largest absolute Gasteiger partial charge is 0.357 e. The van der Waals surface area contributed by atoms with Crippen molar-refractivity contribution in [1.82, 2.24) is 16.1 Å². The number of nitrogens with one attached hydrogen (secondary N) is 3. The standard InChI is InChI=1S/C22H29N3O4/c1-14(2)10-18(13-20(26)25-29)21(27)24-19(22(28)23-3)12-15-8-9-16-6-4-5-7-17(16)11-15/h4-9,11,14,18-19,29H,10,12-13H2,1-3H3,(H,23,28)(H,24,27)(H,25,26)/t18-,19-/m0/s1. The molecule has 4 N–H and O–H groups in total. The molecule has 3 amide bonds. The molecule has 0 aliphatic carbocycles. The Balaban J connectivity index is 2.18. The number of rotatable bonds is 9. The first kappa shape index (κ1) is 22.4. The molecular formula is C22H29N3O4. The van der Waals surface area contributed by atoms with Crippen molar-refractivity contribution in [3.63, 3.8) is 0 Å². The van der Waals surface area contributed by atoms with Gasteiger partial charge in [0, 0.05) is 25.8 Å². The molecule has 0 heterocycles. The van der Waals surface area contributed by atoms with Crippen LogP contribution in [-0.4, -0.2) is 36.0 Å². The summed E-state index contributed by atoms with van der Waals surface area (Å²) in [5.41, 5.74) is 2.49. The number of likely N-dealkylation sites (N-methyl/N-ethyl adjacent to an activating group) is 1. The molecule has 7 heteroatoms. The number of hydroxylamine groups is 1. The Morgan fingerprint density at radius 1 is 1.00 bits per heavy atom. The van der Waals surface area contributed by atoms with E-state index in [9.17, 15) is 14.4 Å². The minimum Gasteiger partial charge on any atom is -0.357 e. The molecule has 2 atom stereocenters. The van der Waals surface area contributed by atoms with E-state index in [1.54, 1.807) is 5.48 Å². The van der Waals surface area contributed by atoms with Crippen molar-refractivity contribution >= 4 is 28.5 Å². The van der Waals surface area contributed by atoms with E-state index in [1.807, 2.05) is 56.3 Å². The van der Waals surface area contributed by atoms with Crippen LogP contribution in [0.1, 0.15) is 32.3 Å². The summed E-state index contributed by atoms with van der Waals surface area (Å²) in [5, 5.41) is 16.3. The number of hydrogen-bond acceptors (Lipinski definition) is 4. The lowest BCUT2D eigenvalue weighted by molar-refractivity contribution is -0.136. The molecule has 0 fully saturated rings. The molecular weight excluding hydrogens is 370 g/mol. The lowest BCUT2D eigenvalue weighted by atomic mass is 9.92. The summed E-state index contributed by atoms with van der Waals surface area (Å²) in [4.78, 5) is 36.8. The predicted molar refractivity (Wildman–Crippen MR) is 111 cm³/mol. The molecule has 29 heavy (non-hydrogen) atoms. The molecule has 2 aromatic carbocycles. The Labute approximate surface area is 170 Å². The Hall–Kier alpha value is -2.93. The number of amides is 3. The van der Waals surface area contributed by atoms with Gasteiger partial charge in [-0.05, 0) is 28.7 Å². The first-order valence-corrected chi connectivity index (χ1v) is 9.76. The number of hydrogen-bond donors (Lipinski definition) is 4. The molecule has 7 nitrogen and oxygen atoms in total. The highest BCUT2D eigenvalue weighted by Gasteiger charge is 2.27. The highest BCUT2D eigenvalue weighted by Crippen LogP contribution is 2.19. The minimum absolute atomic E-state index is 0.142. The van der Waals surface area contributed by atoms with Gasteiger partial charge in [-0.25, -0.2) is 5.48 Å². The summed E-state index contributed by atoms with van der Waals surface area (Å²) in [6.07, 6.45) is 0.656. The highest BCUT2D eigenvalue weighted by atomic mass is 16.5. The fourth-order valence-electron chi connectivity index (χ4n) is 3.40. The second-order valence-electron chi connectivity index (χ2n) is 7.63. The molecule has 2 aromatic rings. The summed E-state index contributed by atoms with van der Waals surface area (Å²) < 4.78 is 0. The molecule has 0 radical (unpaired) electrons. The fraction of sp³-hybridized carbons (Fsp3) is 0.409. The molecule has 0 bridgehead atoms. The van der Waals surface area contributed by atoms with Crippen LogP contribution in [0.25, 0.3) is 10.8 Å². The molecule has 0 aromatic heterocycles. The molecule has 156 valence electrons. The van der Waals surface area contributed by atoms with Crippen LogP contribution in [-0.2, 0) is 20.8 Å². The Morgan fingerprint density at radius 2 is 1.69 bits per heavy atom. The van der Waals surface area contributed by atoms with Gasteiger partial charge in [-0.2, -0.15) is 0 Å². The lowest BCUT2D eigenvalue weighted by Gasteiger charge is -2.23. The van der Waals surface area contributed by atoms with E-state index < -0.39 is 17.9 Å². The van der Waals surface area contributed by atoms with Gasteiger partial charge in [0.15, 0.2) is 0 Å². The van der Waals surface area contributed by atoms with Gasteiger partial charge < -0.3 is 10.6 Å². The maximum Gasteiger partial charge on any atom is 0.244 e. The van der Waals surface area contributed by atoms with Gasteiger partial charge in [0.1, 0.15) is 6.04 Å². The second-order valence-corrected chi connectivity index (χ2v) is 7.63. The maximum absolute atomic E-state index is 12.8. The molecule has 0 aliphatic heterocycles. The molecule has 0 unspecified atom stereocenters. The van der Waals surface area contributed by atoms with Crippen LogP contribution in [0.2, 0.25) is 0 Å². The fourth-order valence-corrected chi connectivity index (χ4v) is 3.40. The van der Waals surface area contributed by atoms with E-state index in [1.165, 1.54) is 7.05 Å². The van der Waals surface area contributed by atoms with Gasteiger partial charge in [-0.3, -0.25) is 19.6 Å². The van der Waals surface area contributed by atoms with Crippen LogP contribution in [0.15, 0.2) is 42.5 Å². The molecule has 0 aliphatic rings. The number of carbonyl (C=O) groups is 3. The third-order valence-corrected chi connectivity index (χ3v) is 4.82. The Bertz CT molecular complexity index is 866. The van der Waals surface area contributed by atoms with E-state index in [0.717, 1.165) is 16.3 Å². The van der Waals surface area contributed by atoms with Crippen LogP contribution in [0.5, 0.6) is 0 Å². The Morgan fingerprint density at radius 3 is 2.31 bits per heavy atom. The van der Waals surface area contributed by atoms with Crippen LogP contribution in [0.3, 0.4) is 0 Å². The average molecular weight is 399 g/mol. The minimum atomic E-state index is -0.763. The number of carbonyl (C=O) groups excluding carboxylic acids is 3. The summed E-state index contributed by atoms with van der Waals surface area (Å²) >= 11 is 0. The normalized spacial score (nSPS) is 13.0. The van der Waals surface area contributed by atoms with Crippen molar-refractivity contribution in [2.45, 2.75) is 39.2 Å². The first-order chi connectivity index (χ1) is 13.8. The lowest BCUT2D eigenvalue weighted by Crippen LogP contribution is -2.49. The van der Waals surface area contributed by atoms with E-state index in [-0.39, 0.29) is 24.2 Å². The molecule has 0 saturated carbocycles. The Kier molecular flexibility index (Phi) is 8.15. The second kappa shape index (κ2) is 10.6. The van der Waals surface area contributed by atoms with Crippen LogP contribution < -0.4 is 16.1 Å². The van der Waals surface area contributed by atoms with Crippen LogP contribution in [0.4, 0.5) is 0 Å². The third kappa shape index (κ3) is 6.57. The molecule has 0 saturated heterocycles. The van der Waals surface area contributed by atoms with E-state index in [0.29, 0.717) is 12.8 Å². The monoisotopic (exact) mass is 399 g/mol. The van der Waals surface area contributed by atoms with Crippen molar-refractivity contribution in [3.8, 4) is 0 Å². The molecule has 0 spiro atoms. The van der Waals surface area contributed by atoms with Gasteiger partial charge in [-0.1, -0.05) is 56.3 Å². The van der Waals surface area contributed by atoms with Gasteiger partial charge in [0.25, 0.3) is 0 Å². The topological polar surface area (TPSA) is 108 Å². The highest BCUT2D eigenvalue weighted by molar-refractivity contribution is 5.91. The zero-order chi connectivity index (χ0) is 21.4.